The number of nitrogen functional groups attached to an aromatic ring is 1. The predicted molar refractivity (Wildman–Crippen MR) is 132 cm³/mol. The Bertz CT molecular complexity index is 1340. The van der Waals surface area contributed by atoms with Gasteiger partial charge in [0.15, 0.2) is 0 Å². The Balaban J connectivity index is 1.52. The molecule has 0 saturated heterocycles. The quantitative estimate of drug-likeness (QED) is 0.448. The Hall–Kier alpha value is -3.62. The monoisotopic (exact) mass is 476 g/mol. The van der Waals surface area contributed by atoms with Gasteiger partial charge in [-0.15, -0.1) is 0 Å². The van der Waals surface area contributed by atoms with Crippen molar-refractivity contribution in [3.63, 3.8) is 0 Å². The Morgan fingerprint density at radius 1 is 1.18 bits per heavy atom. The first-order valence-electron chi connectivity index (χ1n) is 10.9. The third-order valence-corrected chi connectivity index (χ3v) is 6.29. The van der Waals surface area contributed by atoms with Crippen LogP contribution in [0.1, 0.15) is 28.4 Å². The topological polar surface area (TPSA) is 91.3 Å². The number of fused-ring (bicyclic) bond motifs is 1. The number of aryl methyl sites for hydroxylation is 1. The molecule has 0 amide bonds. The SMILES string of the molecule is COc1cc(N(C)c2nc(N)c3c(n2)C(c2ccc(Cl)cc2)COC3)ccc1-n1cnc(C)c1. The summed E-state index contributed by atoms with van der Waals surface area (Å²) in [5.41, 5.74) is 11.8. The summed E-state index contributed by atoms with van der Waals surface area (Å²) in [5.74, 6) is 1.58. The van der Waals surface area contributed by atoms with Gasteiger partial charge in [-0.05, 0) is 36.8 Å². The third-order valence-electron chi connectivity index (χ3n) is 6.03. The first-order chi connectivity index (χ1) is 16.4. The molecule has 0 aliphatic carbocycles. The average Bonchev–Trinajstić information content (AvgIpc) is 3.29. The zero-order chi connectivity index (χ0) is 23.8. The second-order valence-corrected chi connectivity index (χ2v) is 8.67. The van der Waals surface area contributed by atoms with Gasteiger partial charge in [-0.3, -0.25) is 0 Å². The number of imidazole rings is 1. The lowest BCUT2D eigenvalue weighted by atomic mass is 9.91. The first kappa shape index (κ1) is 22.2. The van der Waals surface area contributed by atoms with Crippen molar-refractivity contribution in [1.29, 1.82) is 0 Å². The molecule has 3 heterocycles. The second kappa shape index (κ2) is 8.96. The highest BCUT2D eigenvalue weighted by Crippen LogP contribution is 2.36. The van der Waals surface area contributed by atoms with Gasteiger partial charge in [0.25, 0.3) is 0 Å². The van der Waals surface area contributed by atoms with Crippen LogP contribution in [-0.4, -0.2) is 40.3 Å². The normalized spacial score (nSPS) is 15.1. The number of benzene rings is 2. The van der Waals surface area contributed by atoms with E-state index in [2.05, 4.69) is 9.97 Å². The van der Waals surface area contributed by atoms with Crippen LogP contribution in [0.3, 0.4) is 0 Å². The number of nitrogens with two attached hydrogens (primary N) is 1. The fourth-order valence-electron chi connectivity index (χ4n) is 4.16. The number of ether oxygens (including phenoxy) is 2. The van der Waals surface area contributed by atoms with E-state index in [0.717, 1.165) is 33.9 Å². The van der Waals surface area contributed by atoms with E-state index < -0.39 is 0 Å². The first-order valence-corrected chi connectivity index (χ1v) is 11.2. The maximum Gasteiger partial charge on any atom is 0.231 e. The number of halogens is 1. The molecular formula is C25H25ClN6O2. The minimum absolute atomic E-state index is 0.0557. The van der Waals surface area contributed by atoms with Crippen LogP contribution in [0.15, 0.2) is 55.0 Å². The lowest BCUT2D eigenvalue weighted by Crippen LogP contribution is -2.24. The van der Waals surface area contributed by atoms with E-state index in [0.29, 0.717) is 35.8 Å². The zero-order valence-electron chi connectivity index (χ0n) is 19.2. The molecule has 0 fully saturated rings. The van der Waals surface area contributed by atoms with E-state index in [-0.39, 0.29) is 5.92 Å². The standard InChI is InChI=1S/C25H25ClN6O2/c1-15-11-32(14-28-15)21-9-8-18(10-22(21)33-3)31(2)25-29-23-19(16-4-6-17(26)7-5-16)12-34-13-20(23)24(27)30-25/h4-11,14,19H,12-13H2,1-3H3,(H2,27,29,30). The molecule has 1 aliphatic heterocycles. The van der Waals surface area contributed by atoms with E-state index in [4.69, 9.17) is 31.8 Å². The minimum atomic E-state index is -0.0557. The van der Waals surface area contributed by atoms with Crippen molar-refractivity contribution >= 4 is 29.1 Å². The van der Waals surface area contributed by atoms with Crippen LogP contribution in [0.4, 0.5) is 17.5 Å². The van der Waals surface area contributed by atoms with E-state index in [1.165, 1.54) is 0 Å². The molecule has 1 aliphatic rings. The van der Waals surface area contributed by atoms with Crippen LogP contribution >= 0.6 is 11.6 Å². The molecule has 2 aromatic heterocycles. The lowest BCUT2D eigenvalue weighted by molar-refractivity contribution is 0.0979. The fraction of sp³-hybridized carbons (Fsp3) is 0.240. The Labute approximate surface area is 202 Å². The van der Waals surface area contributed by atoms with E-state index in [9.17, 15) is 0 Å². The maximum absolute atomic E-state index is 6.37. The Morgan fingerprint density at radius 2 is 1.97 bits per heavy atom. The van der Waals surface area contributed by atoms with E-state index >= 15 is 0 Å². The molecule has 0 bridgehead atoms. The van der Waals surface area contributed by atoms with Gasteiger partial charge in [0.05, 0.1) is 49.6 Å². The lowest BCUT2D eigenvalue weighted by Gasteiger charge is -2.28. The van der Waals surface area contributed by atoms with Crippen molar-refractivity contribution in [2.45, 2.75) is 19.4 Å². The Kier molecular flexibility index (Phi) is 5.85. The van der Waals surface area contributed by atoms with E-state index in [1.54, 1.807) is 13.4 Å². The van der Waals surface area contributed by atoms with Gasteiger partial charge in [0.1, 0.15) is 11.6 Å². The van der Waals surface area contributed by atoms with Gasteiger partial charge in [0, 0.05) is 35.6 Å². The number of methoxy groups -OCH3 is 1. The van der Waals surface area contributed by atoms with Crippen LogP contribution in [0.25, 0.3) is 5.69 Å². The maximum atomic E-state index is 6.37. The average molecular weight is 477 g/mol. The minimum Gasteiger partial charge on any atom is -0.494 e. The van der Waals surface area contributed by atoms with Crippen LogP contribution in [0.2, 0.25) is 5.02 Å². The fourth-order valence-corrected chi connectivity index (χ4v) is 4.28. The molecule has 0 radical (unpaired) electrons. The molecule has 2 N–H and O–H groups in total. The van der Waals surface area contributed by atoms with Crippen molar-refractivity contribution in [3.8, 4) is 11.4 Å². The molecule has 0 saturated carbocycles. The third kappa shape index (κ3) is 4.06. The molecule has 8 nitrogen and oxygen atoms in total. The highest BCUT2D eigenvalue weighted by atomic mass is 35.5. The highest BCUT2D eigenvalue weighted by Gasteiger charge is 2.28. The van der Waals surface area contributed by atoms with Crippen molar-refractivity contribution < 1.29 is 9.47 Å². The molecule has 4 aromatic rings. The molecule has 174 valence electrons. The summed E-state index contributed by atoms with van der Waals surface area (Å²) < 4.78 is 13.4. The smallest absolute Gasteiger partial charge is 0.231 e. The number of hydrogen-bond acceptors (Lipinski definition) is 7. The molecule has 5 rings (SSSR count). The van der Waals surface area contributed by atoms with Gasteiger partial charge in [0.2, 0.25) is 5.95 Å². The van der Waals surface area contributed by atoms with Crippen molar-refractivity contribution in [2.75, 3.05) is 31.4 Å². The molecule has 0 spiro atoms. The van der Waals surface area contributed by atoms with E-state index in [1.807, 2.05) is 72.1 Å². The van der Waals surface area contributed by atoms with Gasteiger partial charge >= 0.3 is 0 Å². The molecule has 1 unspecified atom stereocenters. The second-order valence-electron chi connectivity index (χ2n) is 8.23. The molecular weight excluding hydrogens is 452 g/mol. The number of nitrogens with zero attached hydrogens (tertiary/aromatic N) is 5. The Morgan fingerprint density at radius 3 is 2.68 bits per heavy atom. The van der Waals surface area contributed by atoms with Crippen LogP contribution in [0.5, 0.6) is 5.75 Å². The van der Waals surface area contributed by atoms with Gasteiger partial charge in [-0.25, -0.2) is 9.97 Å². The van der Waals surface area contributed by atoms with Gasteiger partial charge < -0.3 is 24.7 Å². The highest BCUT2D eigenvalue weighted by molar-refractivity contribution is 6.30. The predicted octanol–water partition coefficient (Wildman–Crippen LogP) is 4.64. The van der Waals surface area contributed by atoms with Crippen molar-refractivity contribution in [3.05, 3.63) is 82.5 Å². The molecule has 9 heteroatoms. The summed E-state index contributed by atoms with van der Waals surface area (Å²) in [5, 5.41) is 0.687. The number of hydrogen-bond donors (Lipinski definition) is 1. The largest absolute Gasteiger partial charge is 0.494 e. The van der Waals surface area contributed by atoms with Gasteiger partial charge in [-0.2, -0.15) is 4.98 Å². The summed E-state index contributed by atoms with van der Waals surface area (Å²) in [6.07, 6.45) is 3.72. The number of rotatable bonds is 5. The summed E-state index contributed by atoms with van der Waals surface area (Å²) in [6.45, 7) is 2.86. The summed E-state index contributed by atoms with van der Waals surface area (Å²) >= 11 is 6.09. The van der Waals surface area contributed by atoms with Gasteiger partial charge in [-0.1, -0.05) is 23.7 Å². The molecule has 2 aromatic carbocycles. The summed E-state index contributed by atoms with van der Waals surface area (Å²) in [6, 6.07) is 13.7. The summed E-state index contributed by atoms with van der Waals surface area (Å²) in [4.78, 5) is 15.7. The molecule has 34 heavy (non-hydrogen) atoms. The van der Waals surface area contributed by atoms with Crippen LogP contribution in [0, 0.1) is 6.92 Å². The van der Waals surface area contributed by atoms with Crippen LogP contribution in [-0.2, 0) is 11.3 Å². The van der Waals surface area contributed by atoms with Crippen LogP contribution < -0.4 is 15.4 Å². The zero-order valence-corrected chi connectivity index (χ0v) is 20.0. The molecule has 1 atom stereocenters. The van der Waals surface area contributed by atoms with Crippen molar-refractivity contribution in [1.82, 2.24) is 19.5 Å². The number of anilines is 3. The van der Waals surface area contributed by atoms with Crippen molar-refractivity contribution in [2.24, 2.45) is 0 Å². The number of aromatic nitrogens is 4. The summed E-state index contributed by atoms with van der Waals surface area (Å²) in [7, 11) is 3.56.